The molecular formula is C6H4BrF9O2S. The summed E-state index contributed by atoms with van der Waals surface area (Å²) in [7, 11) is -4.43. The van der Waals surface area contributed by atoms with Crippen molar-refractivity contribution in [1.29, 1.82) is 0 Å². The molecule has 19 heavy (non-hydrogen) atoms. The van der Waals surface area contributed by atoms with Gasteiger partial charge in [0.25, 0.3) is 0 Å². The molecule has 0 aliphatic heterocycles. The predicted molar refractivity (Wildman–Crippen MR) is 48.2 cm³/mol. The standard InChI is InChI=1S/C6H4BrF9O2S/c7-19(17,18)2-1-3(8,9)4(10,11)5(12,13)6(14,15)16/h1-2H2. The molecule has 0 aromatic carbocycles. The van der Waals surface area contributed by atoms with E-state index in [4.69, 9.17) is 0 Å². The first-order chi connectivity index (χ1) is 7.96. The summed E-state index contributed by atoms with van der Waals surface area (Å²) in [6.45, 7) is 0. The van der Waals surface area contributed by atoms with E-state index in [1.54, 1.807) is 14.8 Å². The highest BCUT2D eigenvalue weighted by atomic mass is 79.9. The molecule has 0 saturated carbocycles. The van der Waals surface area contributed by atoms with Crippen LogP contribution in [0.2, 0.25) is 0 Å². The van der Waals surface area contributed by atoms with Crippen molar-refractivity contribution < 1.29 is 47.9 Å². The Kier molecular flexibility index (Phi) is 4.92. The first kappa shape index (κ1) is 18.8. The van der Waals surface area contributed by atoms with Gasteiger partial charge in [-0.25, -0.2) is 8.42 Å². The lowest BCUT2D eigenvalue weighted by molar-refractivity contribution is -0.396. The van der Waals surface area contributed by atoms with E-state index in [9.17, 15) is 47.9 Å². The van der Waals surface area contributed by atoms with Gasteiger partial charge >= 0.3 is 23.9 Å². The molecule has 0 aliphatic carbocycles. The van der Waals surface area contributed by atoms with E-state index in [1.165, 1.54) is 0 Å². The summed E-state index contributed by atoms with van der Waals surface area (Å²) in [5.74, 6) is -21.4. The third-order valence-electron chi connectivity index (χ3n) is 1.87. The van der Waals surface area contributed by atoms with Gasteiger partial charge in [0.05, 0.1) is 20.6 Å². The van der Waals surface area contributed by atoms with E-state index in [0.717, 1.165) is 0 Å². The molecule has 116 valence electrons. The molecule has 0 aromatic rings. The first-order valence-electron chi connectivity index (χ1n) is 4.08. The molecule has 0 bridgehead atoms. The maximum atomic E-state index is 12.7. The van der Waals surface area contributed by atoms with Crippen LogP contribution in [0.4, 0.5) is 39.5 Å². The van der Waals surface area contributed by atoms with E-state index in [2.05, 4.69) is 0 Å². The fraction of sp³-hybridized carbons (Fsp3) is 1.00. The van der Waals surface area contributed by atoms with Crippen LogP contribution in [0.15, 0.2) is 0 Å². The molecule has 0 heterocycles. The van der Waals surface area contributed by atoms with Crippen LogP contribution in [-0.4, -0.2) is 38.1 Å². The number of hydrogen-bond donors (Lipinski definition) is 0. The second-order valence-electron chi connectivity index (χ2n) is 3.34. The van der Waals surface area contributed by atoms with Gasteiger partial charge in [-0.1, -0.05) is 0 Å². The number of rotatable bonds is 5. The van der Waals surface area contributed by atoms with Crippen molar-refractivity contribution in [3.8, 4) is 0 Å². The average molecular weight is 391 g/mol. The molecule has 2 nitrogen and oxygen atoms in total. The summed E-state index contributed by atoms with van der Waals surface area (Å²) in [5, 5.41) is 0. The molecular weight excluding hydrogens is 387 g/mol. The van der Waals surface area contributed by atoms with Crippen LogP contribution in [0.25, 0.3) is 0 Å². The highest BCUT2D eigenvalue weighted by Gasteiger charge is 2.81. The highest BCUT2D eigenvalue weighted by molar-refractivity contribution is 9.47. The maximum absolute atomic E-state index is 12.7. The molecule has 0 aromatic heterocycles. The van der Waals surface area contributed by atoms with E-state index < -0.39 is 44.4 Å². The zero-order chi connectivity index (χ0) is 15.9. The van der Waals surface area contributed by atoms with Gasteiger partial charge in [0, 0.05) is 6.42 Å². The molecule has 0 rings (SSSR count). The molecule has 0 saturated heterocycles. The lowest BCUT2D eigenvalue weighted by Crippen LogP contribution is -2.61. The molecule has 0 N–H and O–H groups in total. The van der Waals surface area contributed by atoms with Crippen LogP contribution in [0, 0.1) is 0 Å². The Morgan fingerprint density at radius 3 is 1.42 bits per heavy atom. The molecule has 0 radical (unpaired) electrons. The number of halogens is 10. The van der Waals surface area contributed by atoms with Gasteiger partial charge in [0.2, 0.25) is 8.27 Å². The summed E-state index contributed by atoms with van der Waals surface area (Å²) in [4.78, 5) is 0. The third kappa shape index (κ3) is 3.89. The Hall–Kier alpha value is -0.200. The fourth-order valence-corrected chi connectivity index (χ4v) is 1.80. The zero-order valence-electron chi connectivity index (χ0n) is 8.42. The van der Waals surface area contributed by atoms with Crippen LogP contribution in [-0.2, 0) is 8.27 Å². The monoisotopic (exact) mass is 390 g/mol. The summed E-state index contributed by atoms with van der Waals surface area (Å²) in [6.07, 6.45) is -9.31. The predicted octanol–water partition coefficient (Wildman–Crippen LogP) is 3.57. The summed E-state index contributed by atoms with van der Waals surface area (Å²) in [5.41, 5.74) is 0. The molecule has 13 heteroatoms. The van der Waals surface area contributed by atoms with Crippen molar-refractivity contribution in [3.05, 3.63) is 0 Å². The molecule has 0 spiro atoms. The van der Waals surface area contributed by atoms with Crippen LogP contribution in [0.1, 0.15) is 6.42 Å². The normalized spacial score (nSPS) is 15.7. The van der Waals surface area contributed by atoms with Crippen molar-refractivity contribution in [2.45, 2.75) is 30.4 Å². The summed E-state index contributed by atoms with van der Waals surface area (Å²) in [6, 6.07) is 0. The van der Waals surface area contributed by atoms with E-state index in [-0.39, 0.29) is 0 Å². The Labute approximate surface area is 108 Å². The van der Waals surface area contributed by atoms with Crippen molar-refractivity contribution in [3.63, 3.8) is 0 Å². The largest absolute Gasteiger partial charge is 0.460 e. The van der Waals surface area contributed by atoms with Crippen molar-refractivity contribution in [2.75, 3.05) is 5.75 Å². The molecule has 0 atom stereocenters. The van der Waals surface area contributed by atoms with E-state index in [0.29, 0.717) is 0 Å². The summed E-state index contributed by atoms with van der Waals surface area (Å²) >= 11 is 1.77. The van der Waals surface area contributed by atoms with Gasteiger partial charge in [0.15, 0.2) is 0 Å². The minimum atomic E-state index is -7.00. The van der Waals surface area contributed by atoms with Gasteiger partial charge in [-0.2, -0.15) is 39.5 Å². The van der Waals surface area contributed by atoms with Gasteiger partial charge in [0.1, 0.15) is 0 Å². The summed E-state index contributed by atoms with van der Waals surface area (Å²) < 4.78 is 131. The second kappa shape index (κ2) is 4.97. The quantitative estimate of drug-likeness (QED) is 0.531. The minimum Gasteiger partial charge on any atom is -0.217 e. The Morgan fingerprint density at radius 2 is 1.16 bits per heavy atom. The van der Waals surface area contributed by atoms with Gasteiger partial charge < -0.3 is 0 Å². The fourth-order valence-electron chi connectivity index (χ4n) is 0.815. The lowest BCUT2D eigenvalue weighted by Gasteiger charge is -2.33. The first-order valence-corrected chi connectivity index (χ1v) is 7.58. The molecule has 0 aliphatic rings. The van der Waals surface area contributed by atoms with Crippen LogP contribution in [0.5, 0.6) is 0 Å². The SMILES string of the molecule is O=S(=O)(Br)CCC(F)(F)C(F)(F)C(F)(F)C(F)(F)F. The number of alkyl halides is 9. The molecule has 0 unspecified atom stereocenters. The topological polar surface area (TPSA) is 34.1 Å². The molecule has 0 fully saturated rings. The van der Waals surface area contributed by atoms with E-state index >= 15 is 0 Å². The highest BCUT2D eigenvalue weighted by Crippen LogP contribution is 2.54. The van der Waals surface area contributed by atoms with Crippen LogP contribution < -0.4 is 0 Å². The Bertz CT molecular complexity index is 426. The third-order valence-corrected chi connectivity index (χ3v) is 3.53. The van der Waals surface area contributed by atoms with Crippen molar-refractivity contribution in [1.82, 2.24) is 0 Å². The zero-order valence-corrected chi connectivity index (χ0v) is 10.8. The second-order valence-corrected chi connectivity index (χ2v) is 7.79. The van der Waals surface area contributed by atoms with Gasteiger partial charge in [-0.3, -0.25) is 0 Å². The Balaban J connectivity index is 5.40. The number of hydrogen-bond acceptors (Lipinski definition) is 2. The maximum Gasteiger partial charge on any atom is 0.460 e. The minimum absolute atomic E-state index is 1.75. The van der Waals surface area contributed by atoms with Crippen molar-refractivity contribution >= 4 is 23.1 Å². The Morgan fingerprint density at radius 1 is 0.789 bits per heavy atom. The van der Waals surface area contributed by atoms with Gasteiger partial charge in [-0.05, 0) is 0 Å². The average Bonchev–Trinajstić information content (AvgIpc) is 2.11. The van der Waals surface area contributed by atoms with Crippen molar-refractivity contribution in [2.24, 2.45) is 0 Å². The van der Waals surface area contributed by atoms with Crippen LogP contribution >= 0.6 is 14.8 Å². The van der Waals surface area contributed by atoms with Crippen LogP contribution in [0.3, 0.4) is 0 Å². The lowest BCUT2D eigenvalue weighted by atomic mass is 10.0. The molecule has 0 amide bonds. The smallest absolute Gasteiger partial charge is 0.217 e. The van der Waals surface area contributed by atoms with E-state index in [1.807, 2.05) is 0 Å². The van der Waals surface area contributed by atoms with Gasteiger partial charge in [-0.15, -0.1) is 0 Å².